The van der Waals surface area contributed by atoms with Crippen molar-refractivity contribution in [1.82, 2.24) is 25.4 Å². The first-order valence-corrected chi connectivity index (χ1v) is 13.5. The Bertz CT molecular complexity index is 1440. The Hall–Kier alpha value is -4.03. The van der Waals surface area contributed by atoms with Crippen LogP contribution in [0.5, 0.6) is 0 Å². The number of piperazine rings is 1. The van der Waals surface area contributed by atoms with Gasteiger partial charge in [0, 0.05) is 63.8 Å². The van der Waals surface area contributed by atoms with Gasteiger partial charge in [0.05, 0.1) is 5.02 Å². The van der Waals surface area contributed by atoms with Crippen molar-refractivity contribution in [3.05, 3.63) is 70.4 Å². The van der Waals surface area contributed by atoms with E-state index in [4.69, 9.17) is 16.7 Å². The van der Waals surface area contributed by atoms with Crippen molar-refractivity contribution in [1.29, 1.82) is 0 Å². The van der Waals surface area contributed by atoms with Crippen LogP contribution in [0.25, 0.3) is 10.8 Å². The van der Waals surface area contributed by atoms with Gasteiger partial charge in [-0.3, -0.25) is 10.1 Å². The fraction of sp³-hybridized carbons (Fsp3) is 0.357. The Balaban J connectivity index is 1.58. The van der Waals surface area contributed by atoms with Crippen LogP contribution in [-0.2, 0) is 17.8 Å². The second kappa shape index (κ2) is 13.6. The quantitative estimate of drug-likeness (QED) is 0.296. The summed E-state index contributed by atoms with van der Waals surface area (Å²) in [5.41, 5.74) is 0.649. The smallest absolute Gasteiger partial charge is 0.410 e. The highest BCUT2D eigenvalue weighted by molar-refractivity contribution is 6.31. The van der Waals surface area contributed by atoms with Gasteiger partial charge in [0.2, 0.25) is 5.91 Å². The molecule has 1 aliphatic rings. The molecule has 1 fully saturated rings. The number of fused-ring (bicyclic) bond motifs is 1. The number of nitrogens with one attached hydrogen (secondary N) is 3. The highest BCUT2D eigenvalue weighted by Gasteiger charge is 2.26. The number of urea groups is 1. The van der Waals surface area contributed by atoms with Gasteiger partial charge in [-0.15, -0.1) is 0 Å². The Morgan fingerprint density at radius 1 is 1.17 bits per heavy atom. The number of hydrogen-bond donors (Lipinski definition) is 4. The van der Waals surface area contributed by atoms with Crippen LogP contribution in [0, 0.1) is 11.6 Å². The third-order valence-corrected chi connectivity index (χ3v) is 7.55. The highest BCUT2D eigenvalue weighted by Crippen LogP contribution is 2.27. The Morgan fingerprint density at radius 3 is 2.66 bits per heavy atom. The fourth-order valence-electron chi connectivity index (χ4n) is 4.81. The summed E-state index contributed by atoms with van der Waals surface area (Å²) in [4.78, 5) is 44.5. The molecule has 0 spiro atoms. The zero-order valence-corrected chi connectivity index (χ0v) is 23.2. The van der Waals surface area contributed by atoms with E-state index in [0.717, 1.165) is 0 Å². The lowest BCUT2D eigenvalue weighted by atomic mass is 9.95. The molecule has 1 saturated heterocycles. The van der Waals surface area contributed by atoms with Gasteiger partial charge in [0.25, 0.3) is 0 Å². The van der Waals surface area contributed by atoms with E-state index in [-0.39, 0.29) is 48.1 Å². The molecule has 2 aromatic carbocycles. The minimum absolute atomic E-state index is 0.0281. The maximum Gasteiger partial charge on any atom is 0.410 e. The lowest BCUT2D eigenvalue weighted by molar-refractivity contribution is -0.132. The molecule has 1 aromatic heterocycles. The van der Waals surface area contributed by atoms with Gasteiger partial charge in [0.15, 0.2) is 0 Å². The zero-order valence-electron chi connectivity index (χ0n) is 22.4. The Labute approximate surface area is 240 Å². The summed E-state index contributed by atoms with van der Waals surface area (Å²) in [6.07, 6.45) is 0.547. The van der Waals surface area contributed by atoms with E-state index in [1.165, 1.54) is 41.4 Å². The topological polar surface area (TPSA) is 127 Å². The number of carbonyl (C=O) groups excluding carboxylic acids is 2. The molecule has 1 unspecified atom stereocenters. The summed E-state index contributed by atoms with van der Waals surface area (Å²) < 4.78 is 29.1. The molecule has 3 aromatic rings. The Morgan fingerprint density at radius 2 is 1.93 bits per heavy atom. The van der Waals surface area contributed by atoms with Crippen LogP contribution in [-0.4, -0.2) is 77.2 Å². The lowest BCUT2D eigenvalue weighted by Gasteiger charge is -2.31. The molecule has 4 amide bonds. The number of amides is 4. The van der Waals surface area contributed by atoms with Gasteiger partial charge in [0.1, 0.15) is 17.5 Å². The van der Waals surface area contributed by atoms with Gasteiger partial charge in [-0.1, -0.05) is 23.7 Å². The predicted molar refractivity (Wildman–Crippen MR) is 151 cm³/mol. The van der Waals surface area contributed by atoms with Crippen molar-refractivity contribution in [2.24, 2.45) is 0 Å². The minimum atomic E-state index is -1.31. The minimum Gasteiger partial charge on any atom is -0.465 e. The van der Waals surface area contributed by atoms with Crippen LogP contribution in [0.1, 0.15) is 24.0 Å². The van der Waals surface area contributed by atoms with Crippen molar-refractivity contribution in [3.63, 3.8) is 0 Å². The van der Waals surface area contributed by atoms with Gasteiger partial charge in [-0.25, -0.2) is 23.4 Å². The normalized spacial score (nSPS) is 14.0. The standard InChI is InChI=1S/C28H31ClF2N6O4/c1-36(27(39)34-16-18-3-2-4-23(31)26(18)29)19(6-8-25(38)37-11-9-32-10-12-37)13-21-20-14-24(35-28(40)41)33-15-17(20)5-7-22(21)30/h2-5,7,14-15,19,32H,6,8-13,16H2,1H3,(H,33,35)(H,34,39)(H,40,41). The van der Waals surface area contributed by atoms with Crippen LogP contribution in [0.3, 0.4) is 0 Å². The van der Waals surface area contributed by atoms with Crippen LogP contribution in [0.15, 0.2) is 42.6 Å². The molecule has 1 aliphatic heterocycles. The monoisotopic (exact) mass is 588 g/mol. The first kappa shape index (κ1) is 29.9. The summed E-state index contributed by atoms with van der Waals surface area (Å²) in [5.74, 6) is -1.18. The lowest BCUT2D eigenvalue weighted by Crippen LogP contribution is -2.47. The molecule has 218 valence electrons. The summed E-state index contributed by atoms with van der Waals surface area (Å²) in [6, 6.07) is 7.44. The summed E-state index contributed by atoms with van der Waals surface area (Å²) in [5, 5.41) is 18.1. The number of nitrogens with zero attached hydrogens (tertiary/aromatic N) is 3. The summed E-state index contributed by atoms with van der Waals surface area (Å²) >= 11 is 6.03. The van der Waals surface area contributed by atoms with E-state index in [0.29, 0.717) is 42.5 Å². The number of rotatable bonds is 9. The molecule has 13 heteroatoms. The predicted octanol–water partition coefficient (Wildman–Crippen LogP) is 4.22. The molecule has 4 rings (SSSR count). The number of likely N-dealkylation sites (N-methyl/N-ethyl adjacent to an activating group) is 1. The molecule has 0 bridgehead atoms. The van der Waals surface area contributed by atoms with Crippen LogP contribution in [0.4, 0.5) is 24.2 Å². The van der Waals surface area contributed by atoms with E-state index in [1.807, 2.05) is 0 Å². The third kappa shape index (κ3) is 7.59. The van der Waals surface area contributed by atoms with Crippen molar-refractivity contribution < 1.29 is 28.3 Å². The molecule has 2 heterocycles. The zero-order chi connectivity index (χ0) is 29.5. The summed E-state index contributed by atoms with van der Waals surface area (Å²) in [7, 11) is 1.55. The van der Waals surface area contributed by atoms with Crippen LogP contribution in [0.2, 0.25) is 5.02 Å². The number of carboxylic acid groups (broad SMARTS) is 1. The van der Waals surface area contributed by atoms with E-state index in [9.17, 15) is 18.8 Å². The van der Waals surface area contributed by atoms with Gasteiger partial charge in [-0.05, 0) is 53.6 Å². The van der Waals surface area contributed by atoms with Crippen molar-refractivity contribution >= 4 is 46.2 Å². The molecule has 0 aliphatic carbocycles. The van der Waals surface area contributed by atoms with E-state index < -0.39 is 29.8 Å². The number of aromatic nitrogens is 1. The SMILES string of the molecule is CN(C(=O)NCc1cccc(F)c1Cl)C(CCC(=O)N1CCNCC1)Cc1c(F)ccc2cnc(NC(=O)O)cc12. The van der Waals surface area contributed by atoms with Crippen LogP contribution < -0.4 is 16.0 Å². The highest BCUT2D eigenvalue weighted by atomic mass is 35.5. The van der Waals surface area contributed by atoms with Crippen molar-refractivity contribution in [2.75, 3.05) is 38.5 Å². The van der Waals surface area contributed by atoms with Gasteiger partial charge in [-0.2, -0.15) is 0 Å². The number of anilines is 1. The molecule has 1 atom stereocenters. The number of benzene rings is 2. The largest absolute Gasteiger partial charge is 0.465 e. The van der Waals surface area contributed by atoms with Crippen molar-refractivity contribution in [3.8, 4) is 0 Å². The average molecular weight is 589 g/mol. The van der Waals surface area contributed by atoms with Crippen LogP contribution >= 0.6 is 11.6 Å². The van der Waals surface area contributed by atoms with E-state index >= 15 is 4.39 Å². The maximum atomic E-state index is 15.3. The molecule has 41 heavy (non-hydrogen) atoms. The first-order valence-electron chi connectivity index (χ1n) is 13.1. The molecule has 10 nitrogen and oxygen atoms in total. The fourth-order valence-corrected chi connectivity index (χ4v) is 5.01. The second-order valence-electron chi connectivity index (χ2n) is 9.76. The number of pyridine rings is 1. The average Bonchev–Trinajstić information content (AvgIpc) is 2.96. The van der Waals surface area contributed by atoms with Crippen molar-refractivity contribution in [2.45, 2.75) is 31.8 Å². The van der Waals surface area contributed by atoms with Gasteiger partial charge < -0.3 is 25.5 Å². The maximum absolute atomic E-state index is 15.3. The summed E-state index contributed by atoms with van der Waals surface area (Å²) in [6.45, 7) is 2.52. The third-order valence-electron chi connectivity index (χ3n) is 7.12. The molecule has 4 N–H and O–H groups in total. The number of carbonyl (C=O) groups is 3. The molecule has 0 saturated carbocycles. The molecular formula is C28H31ClF2N6O4. The molecular weight excluding hydrogens is 558 g/mol. The van der Waals surface area contributed by atoms with Gasteiger partial charge >= 0.3 is 12.1 Å². The van der Waals surface area contributed by atoms with E-state index in [1.54, 1.807) is 18.0 Å². The molecule has 0 radical (unpaired) electrons. The Kier molecular flexibility index (Phi) is 9.90. The number of hydrogen-bond acceptors (Lipinski definition) is 5. The number of halogens is 3. The first-order chi connectivity index (χ1) is 19.6. The second-order valence-corrected chi connectivity index (χ2v) is 10.1. The van der Waals surface area contributed by atoms with E-state index in [2.05, 4.69) is 20.9 Å².